The summed E-state index contributed by atoms with van der Waals surface area (Å²) in [6.45, 7) is 8.21. The summed E-state index contributed by atoms with van der Waals surface area (Å²) in [6, 6.07) is 0. The third-order valence-corrected chi connectivity index (χ3v) is 2.95. The highest BCUT2D eigenvalue weighted by atomic mass is 32.1. The van der Waals surface area contributed by atoms with Crippen molar-refractivity contribution in [2.24, 2.45) is 0 Å². The third kappa shape index (κ3) is 2.30. The lowest BCUT2D eigenvalue weighted by atomic mass is 9.85. The van der Waals surface area contributed by atoms with Gasteiger partial charge in [-0.3, -0.25) is 0 Å². The van der Waals surface area contributed by atoms with E-state index in [-0.39, 0.29) is 18.3 Å². The maximum Gasteiger partial charge on any atom is 0.461 e. The fourth-order valence-electron chi connectivity index (χ4n) is 1.23. The van der Waals surface area contributed by atoms with Crippen LogP contribution in [0.4, 0.5) is 0 Å². The van der Waals surface area contributed by atoms with Crippen LogP contribution >= 0.6 is 12.6 Å². The molecule has 0 atom stereocenters. The molecule has 1 aliphatic heterocycles. The van der Waals surface area contributed by atoms with E-state index in [0.29, 0.717) is 0 Å². The topological polar surface area (TPSA) is 18.5 Å². The van der Waals surface area contributed by atoms with Gasteiger partial charge >= 0.3 is 7.12 Å². The first-order chi connectivity index (χ1) is 5.89. The van der Waals surface area contributed by atoms with E-state index in [1.54, 1.807) is 5.41 Å². The number of thiol groups is 1. The SMILES string of the molecule is CC1(C)OB(C/C=C/S)OC1(C)C. The van der Waals surface area contributed by atoms with Crippen LogP contribution in [0.2, 0.25) is 6.32 Å². The summed E-state index contributed by atoms with van der Waals surface area (Å²) >= 11 is 3.99. The predicted molar refractivity (Wildman–Crippen MR) is 59.0 cm³/mol. The van der Waals surface area contributed by atoms with Crippen LogP contribution in [0.15, 0.2) is 11.5 Å². The lowest BCUT2D eigenvalue weighted by molar-refractivity contribution is 0.00578. The molecule has 1 aliphatic rings. The van der Waals surface area contributed by atoms with Gasteiger partial charge in [0.15, 0.2) is 0 Å². The number of hydrogen-bond acceptors (Lipinski definition) is 3. The van der Waals surface area contributed by atoms with Crippen molar-refractivity contribution in [3.63, 3.8) is 0 Å². The van der Waals surface area contributed by atoms with Crippen LogP contribution < -0.4 is 0 Å². The largest absolute Gasteiger partial charge is 0.461 e. The molecular formula is C9H17BO2S. The van der Waals surface area contributed by atoms with E-state index in [1.165, 1.54) is 0 Å². The van der Waals surface area contributed by atoms with Gasteiger partial charge in [-0.05, 0) is 33.1 Å². The van der Waals surface area contributed by atoms with Crippen molar-refractivity contribution in [3.05, 3.63) is 11.5 Å². The number of hydrogen-bond donors (Lipinski definition) is 1. The van der Waals surface area contributed by atoms with Crippen LogP contribution in [-0.2, 0) is 9.31 Å². The molecule has 1 heterocycles. The molecule has 1 saturated heterocycles. The highest BCUT2D eigenvalue weighted by molar-refractivity contribution is 7.83. The highest BCUT2D eigenvalue weighted by Crippen LogP contribution is 2.37. The summed E-state index contributed by atoms with van der Waals surface area (Å²) in [5, 5.41) is 1.71. The van der Waals surface area contributed by atoms with E-state index in [2.05, 4.69) is 40.3 Å². The zero-order valence-corrected chi connectivity index (χ0v) is 9.60. The minimum Gasteiger partial charge on any atom is -0.403 e. The van der Waals surface area contributed by atoms with Crippen molar-refractivity contribution in [2.75, 3.05) is 0 Å². The Bertz CT molecular complexity index is 198. The van der Waals surface area contributed by atoms with Gasteiger partial charge in [0.1, 0.15) is 0 Å². The normalized spacial score (nSPS) is 25.8. The summed E-state index contributed by atoms with van der Waals surface area (Å²) < 4.78 is 11.5. The fourth-order valence-corrected chi connectivity index (χ4v) is 1.36. The van der Waals surface area contributed by atoms with E-state index < -0.39 is 0 Å². The molecule has 13 heavy (non-hydrogen) atoms. The minimum atomic E-state index is -0.220. The molecule has 1 rings (SSSR count). The van der Waals surface area contributed by atoms with Crippen LogP contribution in [-0.4, -0.2) is 18.3 Å². The van der Waals surface area contributed by atoms with Gasteiger partial charge in [0, 0.05) is 6.32 Å². The Morgan fingerprint density at radius 2 is 1.62 bits per heavy atom. The third-order valence-electron chi connectivity index (χ3n) is 2.74. The molecule has 0 saturated carbocycles. The second-order valence-electron chi connectivity index (χ2n) is 4.31. The van der Waals surface area contributed by atoms with Gasteiger partial charge in [0.25, 0.3) is 0 Å². The second kappa shape index (κ2) is 3.68. The predicted octanol–water partition coefficient (Wildman–Crippen LogP) is 2.52. The average Bonchev–Trinajstić information content (AvgIpc) is 2.17. The Balaban J connectivity index is 2.60. The zero-order valence-electron chi connectivity index (χ0n) is 8.70. The Hall–Kier alpha value is 0.0749. The van der Waals surface area contributed by atoms with Gasteiger partial charge in [0.05, 0.1) is 11.2 Å². The number of rotatable bonds is 2. The average molecular weight is 200 g/mol. The zero-order chi connectivity index (χ0) is 10.1. The first-order valence-electron chi connectivity index (χ1n) is 4.54. The van der Waals surface area contributed by atoms with E-state index >= 15 is 0 Å². The van der Waals surface area contributed by atoms with Gasteiger partial charge in [-0.25, -0.2) is 0 Å². The Kier molecular flexibility index (Phi) is 3.15. The van der Waals surface area contributed by atoms with E-state index in [0.717, 1.165) is 6.32 Å². The Labute approximate surface area is 86.2 Å². The van der Waals surface area contributed by atoms with Crippen LogP contribution in [0.1, 0.15) is 27.7 Å². The quantitative estimate of drug-likeness (QED) is 0.545. The van der Waals surface area contributed by atoms with Gasteiger partial charge < -0.3 is 9.31 Å². The van der Waals surface area contributed by atoms with Crippen molar-refractivity contribution in [1.82, 2.24) is 0 Å². The lowest BCUT2D eigenvalue weighted by Gasteiger charge is -2.32. The summed E-state index contributed by atoms with van der Waals surface area (Å²) in [5.41, 5.74) is -0.440. The molecule has 0 aliphatic carbocycles. The van der Waals surface area contributed by atoms with Crippen LogP contribution in [0, 0.1) is 0 Å². The Morgan fingerprint density at radius 3 is 2.00 bits per heavy atom. The molecule has 0 unspecified atom stereocenters. The van der Waals surface area contributed by atoms with Gasteiger partial charge in [-0.15, -0.1) is 0 Å². The van der Waals surface area contributed by atoms with Crippen molar-refractivity contribution in [1.29, 1.82) is 0 Å². The molecule has 2 nitrogen and oxygen atoms in total. The molecule has 0 radical (unpaired) electrons. The molecular weight excluding hydrogens is 183 g/mol. The molecule has 74 valence electrons. The summed E-state index contributed by atoms with van der Waals surface area (Å²) in [4.78, 5) is 0. The Morgan fingerprint density at radius 1 is 1.15 bits per heavy atom. The lowest BCUT2D eigenvalue weighted by Crippen LogP contribution is -2.41. The van der Waals surface area contributed by atoms with Crippen LogP contribution in [0.5, 0.6) is 0 Å². The van der Waals surface area contributed by atoms with Crippen LogP contribution in [0.25, 0.3) is 0 Å². The first-order valence-corrected chi connectivity index (χ1v) is 5.05. The first kappa shape index (κ1) is 11.2. The molecule has 0 bridgehead atoms. The van der Waals surface area contributed by atoms with Gasteiger partial charge in [-0.1, -0.05) is 6.08 Å². The van der Waals surface area contributed by atoms with Crippen molar-refractivity contribution in [2.45, 2.75) is 45.2 Å². The standard InChI is InChI=1S/C9H17BO2S/c1-8(2)9(3,4)12-10(11-8)6-5-7-13/h5,7,13H,6H2,1-4H3/b7-5+. The maximum absolute atomic E-state index is 5.76. The molecule has 0 amide bonds. The van der Waals surface area contributed by atoms with Gasteiger partial charge in [0.2, 0.25) is 0 Å². The van der Waals surface area contributed by atoms with Crippen molar-refractivity contribution >= 4 is 19.7 Å². The van der Waals surface area contributed by atoms with E-state index in [9.17, 15) is 0 Å². The second-order valence-corrected chi connectivity index (χ2v) is 4.60. The monoisotopic (exact) mass is 200 g/mol. The van der Waals surface area contributed by atoms with Crippen molar-refractivity contribution in [3.8, 4) is 0 Å². The summed E-state index contributed by atoms with van der Waals surface area (Å²) in [6.07, 6.45) is 2.70. The molecule has 0 N–H and O–H groups in total. The van der Waals surface area contributed by atoms with E-state index in [4.69, 9.17) is 9.31 Å². The highest BCUT2D eigenvalue weighted by Gasteiger charge is 2.50. The van der Waals surface area contributed by atoms with Gasteiger partial charge in [-0.2, -0.15) is 12.6 Å². The minimum absolute atomic E-state index is 0.131. The van der Waals surface area contributed by atoms with E-state index in [1.807, 2.05) is 6.08 Å². The molecule has 0 aromatic heterocycles. The maximum atomic E-state index is 5.76. The van der Waals surface area contributed by atoms with Crippen molar-refractivity contribution < 1.29 is 9.31 Å². The molecule has 0 aromatic carbocycles. The smallest absolute Gasteiger partial charge is 0.403 e. The summed E-state index contributed by atoms with van der Waals surface area (Å²) in [7, 11) is -0.131. The fraction of sp³-hybridized carbons (Fsp3) is 0.778. The summed E-state index contributed by atoms with van der Waals surface area (Å²) in [5.74, 6) is 0. The molecule has 1 fully saturated rings. The molecule has 0 spiro atoms. The molecule has 0 aromatic rings. The molecule has 4 heteroatoms. The number of allylic oxidation sites excluding steroid dienone is 1. The van der Waals surface area contributed by atoms with Crippen LogP contribution in [0.3, 0.4) is 0 Å².